The van der Waals surface area contributed by atoms with Crippen molar-refractivity contribution in [3.63, 3.8) is 0 Å². The van der Waals surface area contributed by atoms with Gasteiger partial charge in [-0.05, 0) is 35.4 Å². The normalized spacial score (nSPS) is 12.2. The highest BCUT2D eigenvalue weighted by Crippen LogP contribution is 2.37. The molecule has 0 saturated heterocycles. The first kappa shape index (κ1) is 24.7. The number of imidazole rings is 1. The quantitative estimate of drug-likeness (QED) is 0.275. The van der Waals surface area contributed by atoms with Gasteiger partial charge < -0.3 is 9.88 Å². The molecule has 3 aromatic rings. The first-order valence-electron chi connectivity index (χ1n) is 9.71. The predicted octanol–water partition coefficient (Wildman–Crippen LogP) is 5.78. The van der Waals surface area contributed by atoms with Gasteiger partial charge in [0.15, 0.2) is 5.82 Å². The van der Waals surface area contributed by atoms with Crippen LogP contribution in [-0.2, 0) is 30.6 Å². The van der Waals surface area contributed by atoms with Crippen molar-refractivity contribution in [1.82, 2.24) is 9.55 Å². The number of aryl methyl sites for hydroxylation is 1. The molecule has 5 nitrogen and oxygen atoms in total. The van der Waals surface area contributed by atoms with E-state index >= 15 is 0 Å². The monoisotopic (exact) mass is 483 g/mol. The van der Waals surface area contributed by atoms with Gasteiger partial charge in [-0.25, -0.2) is 4.98 Å². The average molecular weight is 483 g/mol. The molecule has 0 aliphatic carbocycles. The molecule has 1 aromatic heterocycles. The van der Waals surface area contributed by atoms with Crippen LogP contribution in [0, 0.1) is 0 Å². The van der Waals surface area contributed by atoms with Gasteiger partial charge in [-0.1, -0.05) is 30.3 Å². The third-order valence-corrected chi connectivity index (χ3v) is 4.68. The van der Waals surface area contributed by atoms with Gasteiger partial charge in [0.1, 0.15) is 0 Å². The third-order valence-electron chi connectivity index (χ3n) is 4.68. The van der Waals surface area contributed by atoms with E-state index in [1.807, 2.05) is 0 Å². The van der Waals surface area contributed by atoms with Crippen molar-refractivity contribution < 1.29 is 37.4 Å². The SMILES string of the molecule is Cn1ccnc1C(=O)/C=C/c1ccc(CC(=O)Nc2cc(C(F)(F)F)cc(C(F)(F)F)c2)cc1.[HH]. The fourth-order valence-electron chi connectivity index (χ4n) is 3.01. The van der Waals surface area contributed by atoms with Crippen LogP contribution in [0.4, 0.5) is 32.0 Å². The summed E-state index contributed by atoms with van der Waals surface area (Å²) in [7, 11) is 1.68. The summed E-state index contributed by atoms with van der Waals surface area (Å²) in [6.07, 6.45) is -4.32. The minimum absolute atomic E-state index is 0. The van der Waals surface area contributed by atoms with Crippen molar-refractivity contribution in [2.75, 3.05) is 5.32 Å². The highest BCUT2D eigenvalue weighted by atomic mass is 19.4. The van der Waals surface area contributed by atoms with Gasteiger partial charge in [-0.3, -0.25) is 9.59 Å². The summed E-state index contributed by atoms with van der Waals surface area (Å²) < 4.78 is 79.3. The van der Waals surface area contributed by atoms with Crippen molar-refractivity contribution in [3.05, 3.63) is 89.0 Å². The number of halogens is 6. The standard InChI is InChI=1S/C23H17F6N3O2.H2/c1-32-9-8-30-21(32)19(33)7-6-14-2-4-15(5-3-14)10-20(34)31-18-12-16(22(24,25)26)11-17(13-18)23(27,28)29;/h2-9,11-13H,10H2,1H3,(H,31,34);1H/b7-6+;. The second-order valence-electron chi connectivity index (χ2n) is 7.32. The van der Waals surface area contributed by atoms with Crippen LogP contribution in [0.5, 0.6) is 0 Å². The molecule has 0 aliphatic rings. The molecule has 0 saturated carbocycles. The second-order valence-corrected chi connectivity index (χ2v) is 7.32. The zero-order valence-corrected chi connectivity index (χ0v) is 17.5. The van der Waals surface area contributed by atoms with Gasteiger partial charge in [-0.15, -0.1) is 0 Å². The fourth-order valence-corrected chi connectivity index (χ4v) is 3.01. The molecule has 11 heteroatoms. The van der Waals surface area contributed by atoms with E-state index in [1.54, 1.807) is 48.2 Å². The number of benzene rings is 2. The second kappa shape index (κ2) is 9.54. The van der Waals surface area contributed by atoms with Crippen LogP contribution in [0.1, 0.15) is 34.3 Å². The number of nitrogens with zero attached hydrogens (tertiary/aromatic N) is 2. The minimum atomic E-state index is -5.01. The Morgan fingerprint density at radius 3 is 2.09 bits per heavy atom. The number of hydrogen-bond donors (Lipinski definition) is 1. The molecule has 0 aliphatic heterocycles. The molecule has 0 atom stereocenters. The number of amides is 1. The van der Waals surface area contributed by atoms with E-state index in [2.05, 4.69) is 10.3 Å². The van der Waals surface area contributed by atoms with Crippen LogP contribution in [0.3, 0.4) is 0 Å². The van der Waals surface area contributed by atoms with E-state index in [-0.39, 0.29) is 25.5 Å². The number of alkyl halides is 6. The van der Waals surface area contributed by atoms with Crippen molar-refractivity contribution in [2.45, 2.75) is 18.8 Å². The van der Waals surface area contributed by atoms with E-state index in [1.165, 1.54) is 12.3 Å². The molecule has 0 bridgehead atoms. The molecule has 2 aromatic carbocycles. The molecule has 0 spiro atoms. The first-order chi connectivity index (χ1) is 15.8. The lowest BCUT2D eigenvalue weighted by Gasteiger charge is -2.15. The Hall–Kier alpha value is -3.89. The molecule has 0 fully saturated rings. The van der Waals surface area contributed by atoms with E-state index in [9.17, 15) is 35.9 Å². The molecule has 3 rings (SSSR count). The Balaban J connectivity index is 0.00000432. The number of rotatable bonds is 6. The topological polar surface area (TPSA) is 64.0 Å². The summed E-state index contributed by atoms with van der Waals surface area (Å²) in [5.74, 6) is -0.844. The molecule has 0 radical (unpaired) electrons. The number of carbonyl (C=O) groups excluding carboxylic acids is 2. The van der Waals surface area contributed by atoms with Crippen molar-refractivity contribution in [3.8, 4) is 0 Å². The molecule has 1 heterocycles. The number of carbonyl (C=O) groups is 2. The maximum absolute atomic E-state index is 13.0. The van der Waals surface area contributed by atoms with Gasteiger partial charge >= 0.3 is 12.4 Å². The van der Waals surface area contributed by atoms with Crippen LogP contribution < -0.4 is 5.32 Å². The summed E-state index contributed by atoms with van der Waals surface area (Å²) in [4.78, 5) is 28.3. The van der Waals surface area contributed by atoms with Gasteiger partial charge in [0.25, 0.3) is 0 Å². The Morgan fingerprint density at radius 1 is 1.00 bits per heavy atom. The van der Waals surface area contributed by atoms with E-state index < -0.39 is 35.1 Å². The lowest BCUT2D eigenvalue weighted by molar-refractivity contribution is -0.143. The molecular weight excluding hydrogens is 464 g/mol. The first-order valence-corrected chi connectivity index (χ1v) is 9.71. The molecular formula is C23H19F6N3O2. The van der Waals surface area contributed by atoms with Crippen molar-refractivity contribution >= 4 is 23.5 Å². The van der Waals surface area contributed by atoms with Gasteiger partial charge in [0.05, 0.1) is 17.5 Å². The number of allylic oxidation sites excluding steroid dienone is 1. The summed E-state index contributed by atoms with van der Waals surface area (Å²) in [5.41, 5.74) is -2.55. The van der Waals surface area contributed by atoms with Crippen LogP contribution in [-0.4, -0.2) is 21.2 Å². The molecule has 180 valence electrons. The summed E-state index contributed by atoms with van der Waals surface area (Å²) >= 11 is 0. The fraction of sp³-hybridized carbons (Fsp3) is 0.174. The summed E-state index contributed by atoms with van der Waals surface area (Å²) in [5, 5.41) is 2.08. The number of nitrogens with one attached hydrogen (secondary N) is 1. The molecule has 1 amide bonds. The Morgan fingerprint density at radius 2 is 1.59 bits per heavy atom. The Labute approximate surface area is 191 Å². The maximum atomic E-state index is 13.0. The van der Waals surface area contributed by atoms with Crippen LogP contribution >= 0.6 is 0 Å². The third kappa shape index (κ3) is 6.33. The maximum Gasteiger partial charge on any atom is 0.416 e. The smallest absolute Gasteiger partial charge is 0.331 e. The Bertz CT molecular complexity index is 1200. The number of hydrogen-bond acceptors (Lipinski definition) is 3. The molecule has 1 N–H and O–H groups in total. The lowest BCUT2D eigenvalue weighted by atomic mass is 10.1. The minimum Gasteiger partial charge on any atom is -0.331 e. The Kier molecular flexibility index (Phi) is 6.94. The van der Waals surface area contributed by atoms with Gasteiger partial charge in [0, 0.05) is 26.6 Å². The van der Waals surface area contributed by atoms with Gasteiger partial charge in [0.2, 0.25) is 11.7 Å². The number of anilines is 1. The highest BCUT2D eigenvalue weighted by molar-refractivity contribution is 6.04. The summed E-state index contributed by atoms with van der Waals surface area (Å²) in [6, 6.07) is 7.20. The van der Waals surface area contributed by atoms with E-state index in [4.69, 9.17) is 0 Å². The van der Waals surface area contributed by atoms with Crippen LogP contribution in [0.15, 0.2) is 60.9 Å². The van der Waals surface area contributed by atoms with Crippen LogP contribution in [0.25, 0.3) is 6.08 Å². The predicted molar refractivity (Wildman–Crippen MR) is 114 cm³/mol. The largest absolute Gasteiger partial charge is 0.416 e. The number of ketones is 1. The summed E-state index contributed by atoms with van der Waals surface area (Å²) in [6.45, 7) is 0. The van der Waals surface area contributed by atoms with E-state index in [0.29, 0.717) is 23.3 Å². The molecule has 34 heavy (non-hydrogen) atoms. The van der Waals surface area contributed by atoms with Crippen LogP contribution in [0.2, 0.25) is 0 Å². The molecule has 0 unspecified atom stereocenters. The zero-order chi connectivity index (χ0) is 25.1. The van der Waals surface area contributed by atoms with Crippen molar-refractivity contribution in [1.29, 1.82) is 0 Å². The van der Waals surface area contributed by atoms with E-state index in [0.717, 1.165) is 0 Å². The average Bonchev–Trinajstić information content (AvgIpc) is 3.17. The van der Waals surface area contributed by atoms with Gasteiger partial charge in [-0.2, -0.15) is 26.3 Å². The van der Waals surface area contributed by atoms with Crippen molar-refractivity contribution in [2.24, 2.45) is 7.05 Å². The lowest BCUT2D eigenvalue weighted by Crippen LogP contribution is -2.17. The number of aromatic nitrogens is 2. The zero-order valence-electron chi connectivity index (χ0n) is 17.5. The highest BCUT2D eigenvalue weighted by Gasteiger charge is 2.37.